The molecule has 3 aromatic carbocycles. The number of amides is 1. The third kappa shape index (κ3) is 7.15. The van der Waals surface area contributed by atoms with Gasteiger partial charge in [0.1, 0.15) is 24.0 Å². The summed E-state index contributed by atoms with van der Waals surface area (Å²) in [5.41, 5.74) is 1.85. The number of carbonyl (C=O) groups is 1. The quantitative estimate of drug-likeness (QED) is 0.214. The number of nitriles is 1. The molecule has 0 atom stereocenters. The van der Waals surface area contributed by atoms with Crippen molar-refractivity contribution in [1.82, 2.24) is 0 Å². The molecule has 0 heterocycles. The van der Waals surface area contributed by atoms with E-state index in [4.69, 9.17) is 37.4 Å². The molecule has 0 spiro atoms. The summed E-state index contributed by atoms with van der Waals surface area (Å²) < 4.78 is 17.3. The molecular formula is C26H21BrCl2N2O4. The zero-order valence-corrected chi connectivity index (χ0v) is 22.0. The molecule has 0 radical (unpaired) electrons. The summed E-state index contributed by atoms with van der Waals surface area (Å²) in [4.78, 5) is 12.7. The first-order valence-corrected chi connectivity index (χ1v) is 12.0. The Morgan fingerprint density at radius 1 is 1.11 bits per heavy atom. The van der Waals surface area contributed by atoms with Crippen molar-refractivity contribution < 1.29 is 19.0 Å². The van der Waals surface area contributed by atoms with E-state index in [1.165, 1.54) is 13.2 Å². The molecule has 3 aromatic rings. The second-order valence-electron chi connectivity index (χ2n) is 7.14. The zero-order valence-electron chi connectivity index (χ0n) is 18.9. The Hall–Kier alpha value is -3.18. The lowest BCUT2D eigenvalue weighted by atomic mass is 10.1. The van der Waals surface area contributed by atoms with E-state index in [0.717, 1.165) is 5.56 Å². The Bertz CT molecular complexity index is 1290. The van der Waals surface area contributed by atoms with Crippen LogP contribution in [0.3, 0.4) is 0 Å². The molecule has 180 valence electrons. The molecule has 9 heteroatoms. The molecule has 0 bridgehead atoms. The van der Waals surface area contributed by atoms with Crippen LogP contribution in [0.1, 0.15) is 18.1 Å². The van der Waals surface area contributed by atoms with Crippen molar-refractivity contribution in [3.63, 3.8) is 0 Å². The molecule has 0 aliphatic rings. The third-order valence-electron chi connectivity index (χ3n) is 4.74. The summed E-state index contributed by atoms with van der Waals surface area (Å²) in [6.45, 7) is 2.60. The number of halogens is 3. The average molecular weight is 576 g/mol. The number of rotatable bonds is 9. The molecule has 1 amide bonds. The molecule has 0 unspecified atom stereocenters. The number of methoxy groups -OCH3 is 1. The minimum atomic E-state index is -0.543. The minimum Gasteiger partial charge on any atom is -0.493 e. The molecule has 0 aromatic heterocycles. The van der Waals surface area contributed by atoms with E-state index in [1.807, 2.05) is 13.0 Å². The maximum absolute atomic E-state index is 12.7. The number of nitrogens with zero attached hydrogens (tertiary/aromatic N) is 1. The molecule has 0 aliphatic carbocycles. The van der Waals surface area contributed by atoms with Crippen molar-refractivity contribution in [2.24, 2.45) is 0 Å². The Balaban J connectivity index is 1.68. The van der Waals surface area contributed by atoms with Gasteiger partial charge in [-0.15, -0.1) is 0 Å². The molecule has 0 aliphatic heterocycles. The van der Waals surface area contributed by atoms with Crippen LogP contribution < -0.4 is 19.5 Å². The van der Waals surface area contributed by atoms with Crippen LogP contribution in [-0.4, -0.2) is 19.6 Å². The highest BCUT2D eigenvalue weighted by molar-refractivity contribution is 9.10. The zero-order chi connectivity index (χ0) is 25.4. The Morgan fingerprint density at radius 3 is 2.49 bits per heavy atom. The van der Waals surface area contributed by atoms with E-state index < -0.39 is 5.91 Å². The summed E-state index contributed by atoms with van der Waals surface area (Å²) in [5, 5.41) is 13.3. The highest BCUT2D eigenvalue weighted by Crippen LogP contribution is 2.37. The number of benzene rings is 3. The van der Waals surface area contributed by atoms with Gasteiger partial charge in [0, 0.05) is 21.3 Å². The smallest absolute Gasteiger partial charge is 0.266 e. The third-order valence-corrected chi connectivity index (χ3v) is 5.91. The SMILES string of the molecule is CCOc1c(Br)cc(/C=C(\C#N)C(=O)Nc2ccc(OCc3ccc(Cl)cc3Cl)cc2)cc1OC. The molecule has 0 saturated heterocycles. The number of nitrogens with one attached hydrogen (secondary N) is 1. The van der Waals surface area contributed by atoms with Crippen LogP contribution in [0.2, 0.25) is 10.0 Å². The molecule has 6 nitrogen and oxygen atoms in total. The standard InChI is InChI=1S/C26H21BrCl2N2O4/c1-3-34-25-22(27)11-16(12-24(25)33-2)10-18(14-30)26(32)31-20-6-8-21(9-7-20)35-15-17-4-5-19(28)13-23(17)29/h4-13H,3,15H2,1-2H3,(H,31,32)/b18-10+. The normalized spacial score (nSPS) is 10.9. The number of carbonyl (C=O) groups excluding carboxylic acids is 1. The second-order valence-corrected chi connectivity index (χ2v) is 8.84. The van der Waals surface area contributed by atoms with E-state index in [2.05, 4.69) is 21.2 Å². The maximum Gasteiger partial charge on any atom is 0.266 e. The lowest BCUT2D eigenvalue weighted by Crippen LogP contribution is -2.13. The Kier molecular flexibility index (Phi) is 9.44. The van der Waals surface area contributed by atoms with Gasteiger partial charge in [-0.25, -0.2) is 0 Å². The monoisotopic (exact) mass is 574 g/mol. The topological polar surface area (TPSA) is 80.6 Å². The van der Waals surface area contributed by atoms with E-state index in [1.54, 1.807) is 54.6 Å². The highest BCUT2D eigenvalue weighted by atomic mass is 79.9. The first kappa shape index (κ1) is 26.4. The van der Waals surface area contributed by atoms with Crippen LogP contribution in [-0.2, 0) is 11.4 Å². The van der Waals surface area contributed by atoms with Gasteiger partial charge < -0.3 is 19.5 Å². The summed E-state index contributed by atoms with van der Waals surface area (Å²) in [6, 6.07) is 17.4. The predicted octanol–water partition coefficient (Wildman–Crippen LogP) is 7.29. The number of ether oxygens (including phenoxy) is 3. The van der Waals surface area contributed by atoms with Gasteiger partial charge in [0.15, 0.2) is 11.5 Å². The first-order valence-electron chi connectivity index (χ1n) is 10.4. The van der Waals surface area contributed by atoms with E-state index in [9.17, 15) is 10.1 Å². The first-order chi connectivity index (χ1) is 16.8. The van der Waals surface area contributed by atoms with Crippen molar-refractivity contribution in [3.05, 3.63) is 85.8 Å². The molecule has 1 N–H and O–H groups in total. The van der Waals surface area contributed by atoms with Gasteiger partial charge in [-0.3, -0.25) is 4.79 Å². The van der Waals surface area contributed by atoms with Crippen molar-refractivity contribution in [3.8, 4) is 23.3 Å². The fourth-order valence-corrected chi connectivity index (χ4v) is 4.09. The maximum atomic E-state index is 12.7. The second kappa shape index (κ2) is 12.5. The van der Waals surface area contributed by atoms with Crippen molar-refractivity contribution in [2.75, 3.05) is 19.0 Å². The average Bonchev–Trinajstić information content (AvgIpc) is 2.84. The summed E-state index contributed by atoms with van der Waals surface area (Å²) >= 11 is 15.5. The van der Waals surface area contributed by atoms with Crippen molar-refractivity contribution >= 4 is 56.8 Å². The number of hydrogen-bond donors (Lipinski definition) is 1. The van der Waals surface area contributed by atoms with Crippen LogP contribution in [0.4, 0.5) is 5.69 Å². The minimum absolute atomic E-state index is 0.0687. The van der Waals surface area contributed by atoms with Gasteiger partial charge in [-0.05, 0) is 83.0 Å². The van der Waals surface area contributed by atoms with Gasteiger partial charge in [-0.1, -0.05) is 29.3 Å². The number of anilines is 1. The largest absolute Gasteiger partial charge is 0.493 e. The Morgan fingerprint density at radius 2 is 1.86 bits per heavy atom. The predicted molar refractivity (Wildman–Crippen MR) is 141 cm³/mol. The number of hydrogen-bond acceptors (Lipinski definition) is 5. The fraction of sp³-hybridized carbons (Fsp3) is 0.154. The van der Waals surface area contributed by atoms with Crippen LogP contribution in [0.5, 0.6) is 17.2 Å². The summed E-state index contributed by atoms with van der Waals surface area (Å²) in [5.74, 6) is 1.09. The van der Waals surface area contributed by atoms with Crippen LogP contribution >= 0.6 is 39.1 Å². The van der Waals surface area contributed by atoms with Gasteiger partial charge in [0.25, 0.3) is 5.91 Å². The van der Waals surface area contributed by atoms with Gasteiger partial charge in [0.05, 0.1) is 18.2 Å². The lowest BCUT2D eigenvalue weighted by Gasteiger charge is -2.12. The molecule has 0 saturated carbocycles. The fourth-order valence-electron chi connectivity index (χ4n) is 3.06. The molecule has 0 fully saturated rings. The van der Waals surface area contributed by atoms with Gasteiger partial charge in [-0.2, -0.15) is 5.26 Å². The van der Waals surface area contributed by atoms with E-state index >= 15 is 0 Å². The van der Waals surface area contributed by atoms with Crippen LogP contribution in [0.25, 0.3) is 6.08 Å². The van der Waals surface area contributed by atoms with Crippen LogP contribution in [0, 0.1) is 11.3 Å². The molecular weight excluding hydrogens is 555 g/mol. The Labute approximate surface area is 222 Å². The van der Waals surface area contributed by atoms with Crippen molar-refractivity contribution in [1.29, 1.82) is 5.26 Å². The summed E-state index contributed by atoms with van der Waals surface area (Å²) in [6.07, 6.45) is 1.48. The lowest BCUT2D eigenvalue weighted by molar-refractivity contribution is -0.112. The van der Waals surface area contributed by atoms with Crippen molar-refractivity contribution in [2.45, 2.75) is 13.5 Å². The van der Waals surface area contributed by atoms with E-state index in [0.29, 0.717) is 49.6 Å². The van der Waals surface area contributed by atoms with Gasteiger partial charge >= 0.3 is 0 Å². The molecule has 3 rings (SSSR count). The molecule has 35 heavy (non-hydrogen) atoms. The van der Waals surface area contributed by atoms with E-state index in [-0.39, 0.29) is 12.2 Å². The highest BCUT2D eigenvalue weighted by Gasteiger charge is 2.14. The van der Waals surface area contributed by atoms with Gasteiger partial charge in [0.2, 0.25) is 0 Å². The summed E-state index contributed by atoms with van der Waals surface area (Å²) in [7, 11) is 1.52. The van der Waals surface area contributed by atoms with Crippen LogP contribution in [0.15, 0.2) is 64.6 Å².